The molecule has 0 saturated heterocycles. The van der Waals surface area contributed by atoms with Gasteiger partial charge in [-0.25, -0.2) is 12.1 Å². The predicted octanol–water partition coefficient (Wildman–Crippen LogP) is 6.39. The van der Waals surface area contributed by atoms with Gasteiger partial charge in [0, 0.05) is 21.2 Å². The smallest absolute Gasteiger partial charge is 0.323 e. The summed E-state index contributed by atoms with van der Waals surface area (Å²) in [5.41, 5.74) is 0. The van der Waals surface area contributed by atoms with E-state index in [1.165, 1.54) is 0 Å². The maximum absolute atomic E-state index is 13.7. The SMILES string of the molecule is F.F.O=P(c1ccccc1)(c1ccccc1)c1cc[cH-]c1.O=P(c1ccccc1)(c1ccccc1)c1cc[cH-]c1.[Ti+2]. The number of rotatable bonds is 6. The van der Waals surface area contributed by atoms with Crippen LogP contribution in [0.25, 0.3) is 0 Å². The molecule has 41 heavy (non-hydrogen) atoms. The quantitative estimate of drug-likeness (QED) is 0.123. The molecule has 0 aliphatic rings. The van der Waals surface area contributed by atoms with Crippen LogP contribution in [-0.4, -0.2) is 0 Å². The van der Waals surface area contributed by atoms with Gasteiger partial charge in [-0.1, -0.05) is 121 Å². The van der Waals surface area contributed by atoms with Gasteiger partial charge in [-0.05, 0) is 0 Å². The Kier molecular flexibility index (Phi) is 12.8. The van der Waals surface area contributed by atoms with Crippen LogP contribution in [0.3, 0.4) is 0 Å². The Hall–Kier alpha value is -3.39. The van der Waals surface area contributed by atoms with E-state index in [-0.39, 0.29) is 31.1 Å². The van der Waals surface area contributed by atoms with E-state index in [0.717, 1.165) is 31.8 Å². The molecule has 0 heterocycles. The van der Waals surface area contributed by atoms with Gasteiger partial charge in [0.25, 0.3) is 0 Å². The first-order valence-electron chi connectivity index (χ1n) is 12.5. The Labute approximate surface area is 255 Å². The summed E-state index contributed by atoms with van der Waals surface area (Å²) >= 11 is 0. The normalized spacial score (nSPS) is 10.5. The summed E-state index contributed by atoms with van der Waals surface area (Å²) in [6.07, 6.45) is 0. The number of benzene rings is 4. The van der Waals surface area contributed by atoms with Crippen LogP contribution >= 0.6 is 14.3 Å². The molecule has 6 aromatic rings. The maximum Gasteiger partial charge on any atom is 2.00 e. The van der Waals surface area contributed by atoms with Crippen LogP contribution in [0.4, 0.5) is 9.41 Å². The minimum absolute atomic E-state index is 0. The second-order valence-electron chi connectivity index (χ2n) is 8.85. The zero-order valence-electron chi connectivity index (χ0n) is 22.2. The van der Waals surface area contributed by atoms with Crippen LogP contribution in [0.5, 0.6) is 0 Å². The fourth-order valence-corrected chi connectivity index (χ4v) is 9.93. The first-order valence-corrected chi connectivity index (χ1v) is 15.9. The number of hydrogen-bond donors (Lipinski definition) is 0. The molecule has 0 spiro atoms. The maximum atomic E-state index is 13.7. The molecule has 2 nitrogen and oxygen atoms in total. The molecular weight excluding hydrogens is 588 g/mol. The Morgan fingerprint density at radius 3 is 0.805 bits per heavy atom. The molecule has 0 N–H and O–H groups in total. The summed E-state index contributed by atoms with van der Waals surface area (Å²) in [5, 5.41) is 5.31. The predicted molar refractivity (Wildman–Crippen MR) is 168 cm³/mol. The first-order chi connectivity index (χ1) is 18.6. The van der Waals surface area contributed by atoms with Gasteiger partial charge in [0.1, 0.15) is 14.3 Å². The summed E-state index contributed by atoms with van der Waals surface area (Å²) in [6.45, 7) is 0. The van der Waals surface area contributed by atoms with E-state index < -0.39 is 14.3 Å². The topological polar surface area (TPSA) is 34.1 Å². The third-order valence-electron chi connectivity index (χ3n) is 6.50. The molecule has 0 bridgehead atoms. The molecule has 6 aromatic carbocycles. The molecule has 0 aromatic heterocycles. The monoisotopic (exact) mass is 618 g/mol. The van der Waals surface area contributed by atoms with Gasteiger partial charge in [0.15, 0.2) is 0 Å². The summed E-state index contributed by atoms with van der Waals surface area (Å²) in [7, 11) is -5.46. The summed E-state index contributed by atoms with van der Waals surface area (Å²) in [4.78, 5) is 0. The molecule has 7 heteroatoms. The van der Waals surface area contributed by atoms with Crippen LogP contribution in [0.15, 0.2) is 170 Å². The van der Waals surface area contributed by atoms with Crippen LogP contribution in [0, 0.1) is 0 Å². The van der Waals surface area contributed by atoms with Gasteiger partial charge in [-0.3, -0.25) is 9.41 Å². The molecule has 0 aliphatic heterocycles. The van der Waals surface area contributed by atoms with Crippen LogP contribution in [-0.2, 0) is 30.8 Å². The second-order valence-corrected chi connectivity index (χ2v) is 14.4. The molecule has 0 saturated carbocycles. The van der Waals surface area contributed by atoms with Gasteiger partial charge in [0.2, 0.25) is 0 Å². The van der Waals surface area contributed by atoms with E-state index in [9.17, 15) is 9.13 Å². The van der Waals surface area contributed by atoms with Crippen molar-refractivity contribution in [1.82, 2.24) is 0 Å². The van der Waals surface area contributed by atoms with Crippen molar-refractivity contribution in [3.8, 4) is 0 Å². The molecule has 0 amide bonds. The molecule has 0 radical (unpaired) electrons. The van der Waals surface area contributed by atoms with E-state index in [1.807, 2.05) is 170 Å². The zero-order valence-corrected chi connectivity index (χ0v) is 25.5. The molecule has 0 aliphatic carbocycles. The van der Waals surface area contributed by atoms with E-state index in [0.29, 0.717) is 0 Å². The Balaban J connectivity index is 0.000000267. The van der Waals surface area contributed by atoms with E-state index in [2.05, 4.69) is 0 Å². The fraction of sp³-hybridized carbons (Fsp3) is 0. The minimum Gasteiger partial charge on any atom is -0.323 e. The standard InChI is InChI=1S/2C17H14OP.2FH.Ti/c2*18-19(17-13-7-8-14-17,15-9-3-1-4-10-15)16-11-5-2-6-12-16;;;/h2*1-14H;2*1H;/q2*-1;;;+2. The van der Waals surface area contributed by atoms with Gasteiger partial charge in [-0.15, -0.1) is 10.6 Å². The van der Waals surface area contributed by atoms with E-state index >= 15 is 0 Å². The molecule has 0 unspecified atom stereocenters. The van der Waals surface area contributed by atoms with Gasteiger partial charge < -0.3 is 9.13 Å². The average Bonchev–Trinajstić information content (AvgIpc) is 3.75. The van der Waals surface area contributed by atoms with Gasteiger partial charge in [0.05, 0.1) is 0 Å². The summed E-state index contributed by atoms with van der Waals surface area (Å²) in [6, 6.07) is 54.4. The third kappa shape index (κ3) is 7.10. The van der Waals surface area contributed by atoms with Gasteiger partial charge >= 0.3 is 21.7 Å². The number of halogens is 2. The van der Waals surface area contributed by atoms with Crippen LogP contribution < -0.4 is 31.8 Å². The average molecular weight is 618 g/mol. The van der Waals surface area contributed by atoms with Crippen LogP contribution in [0.2, 0.25) is 0 Å². The molecule has 6 rings (SSSR count). The number of hydrogen-bond acceptors (Lipinski definition) is 2. The van der Waals surface area contributed by atoms with E-state index in [1.54, 1.807) is 0 Å². The minimum atomic E-state index is -2.73. The van der Waals surface area contributed by atoms with Crippen molar-refractivity contribution in [2.75, 3.05) is 0 Å². The Morgan fingerprint density at radius 1 is 0.366 bits per heavy atom. The molecule has 206 valence electrons. The van der Waals surface area contributed by atoms with Crippen molar-refractivity contribution >= 4 is 46.1 Å². The van der Waals surface area contributed by atoms with Crippen molar-refractivity contribution in [2.45, 2.75) is 0 Å². The Morgan fingerprint density at radius 2 is 0.610 bits per heavy atom. The zero-order chi connectivity index (χ0) is 26.3. The van der Waals surface area contributed by atoms with Crippen molar-refractivity contribution in [3.63, 3.8) is 0 Å². The van der Waals surface area contributed by atoms with Crippen LogP contribution in [0.1, 0.15) is 0 Å². The third-order valence-corrected chi connectivity index (χ3v) is 12.6. The first kappa shape index (κ1) is 33.8. The second kappa shape index (κ2) is 15.6. The summed E-state index contributed by atoms with van der Waals surface area (Å²) < 4.78 is 27.4. The Bertz CT molecular complexity index is 1430. The van der Waals surface area contributed by atoms with Crippen molar-refractivity contribution in [1.29, 1.82) is 0 Å². The molecule has 0 atom stereocenters. The van der Waals surface area contributed by atoms with E-state index in [4.69, 9.17) is 0 Å². The fourth-order valence-electron chi connectivity index (χ4n) is 4.59. The van der Waals surface area contributed by atoms with Crippen molar-refractivity contribution in [3.05, 3.63) is 170 Å². The summed E-state index contributed by atoms with van der Waals surface area (Å²) in [5.74, 6) is 0. The van der Waals surface area contributed by atoms with Crippen molar-refractivity contribution in [2.24, 2.45) is 0 Å². The molecular formula is C34H30F2O2P2Ti. The molecule has 0 fully saturated rings. The largest absolute Gasteiger partial charge is 2.00 e. The van der Waals surface area contributed by atoms with Crippen molar-refractivity contribution < 1.29 is 40.3 Å². The van der Waals surface area contributed by atoms with Gasteiger partial charge in [-0.2, -0.15) is 36.4 Å².